The van der Waals surface area contributed by atoms with Gasteiger partial charge in [0.2, 0.25) is 0 Å². The summed E-state index contributed by atoms with van der Waals surface area (Å²) in [5.74, 6) is -0.411. The van der Waals surface area contributed by atoms with Crippen LogP contribution in [0.1, 0.15) is 38.2 Å². The maximum Gasteiger partial charge on any atom is 0.141 e. The number of unbranched alkanes of at least 4 members (excludes halogenated alkanes) is 2. The van der Waals surface area contributed by atoms with Crippen LogP contribution in [-0.4, -0.2) is 11.2 Å². The van der Waals surface area contributed by atoms with Gasteiger partial charge < -0.3 is 5.11 Å². The summed E-state index contributed by atoms with van der Waals surface area (Å²) in [6, 6.07) is 4.60. The summed E-state index contributed by atoms with van der Waals surface area (Å²) < 4.78 is 12.9. The molecule has 1 rings (SSSR count). The van der Waals surface area contributed by atoms with Crippen molar-refractivity contribution >= 4 is 11.6 Å². The zero-order valence-electron chi connectivity index (χ0n) is 9.55. The first kappa shape index (κ1) is 13.5. The fraction of sp³-hybridized carbons (Fsp3) is 0.538. The highest BCUT2D eigenvalue weighted by Gasteiger charge is 2.07. The molecule has 16 heavy (non-hydrogen) atoms. The molecule has 0 aromatic heterocycles. The van der Waals surface area contributed by atoms with Crippen LogP contribution in [0.5, 0.6) is 0 Å². The molecule has 0 spiro atoms. The van der Waals surface area contributed by atoms with Crippen LogP contribution in [0.2, 0.25) is 5.02 Å². The van der Waals surface area contributed by atoms with E-state index in [4.69, 9.17) is 11.6 Å². The molecule has 0 fully saturated rings. The molecule has 1 aromatic rings. The van der Waals surface area contributed by atoms with E-state index in [9.17, 15) is 9.50 Å². The van der Waals surface area contributed by atoms with E-state index in [1.807, 2.05) is 0 Å². The fourth-order valence-electron chi connectivity index (χ4n) is 1.67. The minimum atomic E-state index is -0.411. The molecular weight excluding hydrogens is 227 g/mol. The molecule has 1 atom stereocenters. The maximum atomic E-state index is 12.9. The first-order valence-electron chi connectivity index (χ1n) is 5.75. The van der Waals surface area contributed by atoms with Crippen LogP contribution < -0.4 is 0 Å². The molecule has 0 heterocycles. The molecule has 90 valence electrons. The summed E-state index contributed by atoms with van der Waals surface area (Å²) in [6.07, 6.45) is 4.31. The summed E-state index contributed by atoms with van der Waals surface area (Å²) in [5, 5.41) is 9.88. The van der Waals surface area contributed by atoms with Crippen molar-refractivity contribution in [3.05, 3.63) is 34.6 Å². The third-order valence-electron chi connectivity index (χ3n) is 2.60. The Kier molecular flexibility index (Phi) is 5.78. The number of halogens is 2. The average Bonchev–Trinajstić information content (AvgIpc) is 2.24. The Balaban J connectivity index is 2.43. The highest BCUT2D eigenvalue weighted by atomic mass is 35.5. The van der Waals surface area contributed by atoms with Gasteiger partial charge in [-0.2, -0.15) is 0 Å². The highest BCUT2D eigenvalue weighted by Crippen LogP contribution is 2.18. The molecule has 1 nitrogen and oxygen atoms in total. The van der Waals surface area contributed by atoms with Gasteiger partial charge in [-0.15, -0.1) is 0 Å². The number of benzene rings is 1. The number of rotatable bonds is 6. The quantitative estimate of drug-likeness (QED) is 0.751. The summed E-state index contributed by atoms with van der Waals surface area (Å²) in [7, 11) is 0. The summed E-state index contributed by atoms with van der Waals surface area (Å²) >= 11 is 5.67. The Morgan fingerprint density at radius 1 is 1.38 bits per heavy atom. The van der Waals surface area contributed by atoms with E-state index in [1.165, 1.54) is 6.07 Å². The highest BCUT2D eigenvalue weighted by molar-refractivity contribution is 6.30. The van der Waals surface area contributed by atoms with Crippen molar-refractivity contribution in [1.82, 2.24) is 0 Å². The van der Waals surface area contributed by atoms with E-state index in [2.05, 4.69) is 6.92 Å². The predicted octanol–water partition coefficient (Wildman–Crippen LogP) is 3.96. The lowest BCUT2D eigenvalue weighted by Crippen LogP contribution is -2.10. The van der Waals surface area contributed by atoms with Gasteiger partial charge in [0, 0.05) is 0 Å². The molecule has 0 aliphatic rings. The summed E-state index contributed by atoms with van der Waals surface area (Å²) in [4.78, 5) is 0. The van der Waals surface area contributed by atoms with Crippen LogP contribution >= 0.6 is 11.6 Å². The lowest BCUT2D eigenvalue weighted by Gasteiger charge is -2.10. The van der Waals surface area contributed by atoms with Crippen molar-refractivity contribution in [1.29, 1.82) is 0 Å². The monoisotopic (exact) mass is 244 g/mol. The lowest BCUT2D eigenvalue weighted by molar-refractivity contribution is 0.161. The fourth-order valence-corrected chi connectivity index (χ4v) is 1.87. The van der Waals surface area contributed by atoms with Crippen LogP contribution in [-0.2, 0) is 6.42 Å². The first-order valence-corrected chi connectivity index (χ1v) is 6.13. The maximum absolute atomic E-state index is 12.9. The van der Waals surface area contributed by atoms with Gasteiger partial charge >= 0.3 is 0 Å². The summed E-state index contributed by atoms with van der Waals surface area (Å²) in [5.41, 5.74) is 0.885. The van der Waals surface area contributed by atoms with Gasteiger partial charge in [-0.05, 0) is 30.5 Å². The Morgan fingerprint density at radius 2 is 2.12 bits per heavy atom. The Bertz CT molecular complexity index is 328. The molecule has 0 bridgehead atoms. The minimum absolute atomic E-state index is 0.123. The van der Waals surface area contributed by atoms with Crippen molar-refractivity contribution in [3.8, 4) is 0 Å². The number of aliphatic hydroxyl groups is 1. The topological polar surface area (TPSA) is 20.2 Å². The second-order valence-electron chi connectivity index (χ2n) is 4.10. The van der Waals surface area contributed by atoms with Gasteiger partial charge in [-0.1, -0.05) is 43.9 Å². The smallest absolute Gasteiger partial charge is 0.141 e. The molecule has 0 radical (unpaired) electrons. The van der Waals surface area contributed by atoms with E-state index in [0.717, 1.165) is 31.2 Å². The van der Waals surface area contributed by atoms with Crippen molar-refractivity contribution in [2.24, 2.45) is 0 Å². The van der Waals surface area contributed by atoms with Gasteiger partial charge in [0.15, 0.2) is 0 Å². The molecule has 1 unspecified atom stereocenters. The number of aliphatic hydroxyl groups excluding tert-OH is 1. The van der Waals surface area contributed by atoms with Crippen LogP contribution in [0, 0.1) is 5.82 Å². The van der Waals surface area contributed by atoms with Crippen molar-refractivity contribution in [2.45, 2.75) is 45.1 Å². The van der Waals surface area contributed by atoms with E-state index >= 15 is 0 Å². The Hall–Kier alpha value is -0.600. The van der Waals surface area contributed by atoms with Crippen LogP contribution in [0.4, 0.5) is 4.39 Å². The molecule has 0 aliphatic carbocycles. The van der Waals surface area contributed by atoms with E-state index < -0.39 is 5.82 Å². The van der Waals surface area contributed by atoms with Crippen molar-refractivity contribution in [2.75, 3.05) is 0 Å². The number of hydrogen-bond acceptors (Lipinski definition) is 1. The number of hydrogen-bond donors (Lipinski definition) is 1. The molecule has 0 saturated carbocycles. The van der Waals surface area contributed by atoms with Crippen LogP contribution in [0.15, 0.2) is 18.2 Å². The normalized spacial score (nSPS) is 12.8. The molecular formula is C13H18ClFO. The molecule has 3 heteroatoms. The predicted molar refractivity (Wildman–Crippen MR) is 65.3 cm³/mol. The van der Waals surface area contributed by atoms with Crippen LogP contribution in [0.25, 0.3) is 0 Å². The second kappa shape index (κ2) is 6.87. The third kappa shape index (κ3) is 4.50. The SMILES string of the molecule is CCCCCC(O)Cc1ccc(F)c(Cl)c1. The minimum Gasteiger partial charge on any atom is -0.393 e. The van der Waals surface area contributed by atoms with E-state index in [0.29, 0.717) is 6.42 Å². The van der Waals surface area contributed by atoms with Gasteiger partial charge in [-0.3, -0.25) is 0 Å². The summed E-state index contributed by atoms with van der Waals surface area (Å²) in [6.45, 7) is 2.13. The molecule has 0 saturated heterocycles. The largest absolute Gasteiger partial charge is 0.393 e. The van der Waals surface area contributed by atoms with Gasteiger partial charge in [0.25, 0.3) is 0 Å². The molecule has 0 amide bonds. The van der Waals surface area contributed by atoms with Crippen molar-refractivity contribution in [3.63, 3.8) is 0 Å². The zero-order chi connectivity index (χ0) is 12.0. The first-order chi connectivity index (χ1) is 7.63. The standard InChI is InChI=1S/C13H18ClFO/c1-2-3-4-5-11(16)8-10-6-7-13(15)12(14)9-10/h6-7,9,11,16H,2-5,8H2,1H3. The average molecular weight is 245 g/mol. The molecule has 0 aliphatic heterocycles. The van der Waals surface area contributed by atoms with Gasteiger partial charge in [0.1, 0.15) is 5.82 Å². The third-order valence-corrected chi connectivity index (χ3v) is 2.89. The Labute approximate surface area is 101 Å². The van der Waals surface area contributed by atoms with Gasteiger partial charge in [-0.25, -0.2) is 4.39 Å². The van der Waals surface area contributed by atoms with Gasteiger partial charge in [0.05, 0.1) is 11.1 Å². The Morgan fingerprint density at radius 3 is 2.75 bits per heavy atom. The van der Waals surface area contributed by atoms with Crippen LogP contribution in [0.3, 0.4) is 0 Å². The second-order valence-corrected chi connectivity index (χ2v) is 4.51. The van der Waals surface area contributed by atoms with E-state index in [-0.39, 0.29) is 11.1 Å². The molecule has 1 aromatic carbocycles. The van der Waals surface area contributed by atoms with E-state index in [1.54, 1.807) is 12.1 Å². The zero-order valence-corrected chi connectivity index (χ0v) is 10.3. The lowest BCUT2D eigenvalue weighted by atomic mass is 10.0. The van der Waals surface area contributed by atoms with Crippen molar-refractivity contribution < 1.29 is 9.50 Å². The molecule has 1 N–H and O–H groups in total.